The van der Waals surface area contributed by atoms with E-state index >= 15 is 0 Å². The van der Waals surface area contributed by atoms with Crippen LogP contribution in [0.2, 0.25) is 5.02 Å². The number of hydrogen-bond acceptors (Lipinski definition) is 3. The largest absolute Gasteiger partial charge is 0.468 e. The van der Waals surface area contributed by atoms with Gasteiger partial charge in [0.05, 0.1) is 12.7 Å². The molecule has 0 spiro atoms. The van der Waals surface area contributed by atoms with Gasteiger partial charge in [-0.3, -0.25) is 4.57 Å². The van der Waals surface area contributed by atoms with E-state index < -0.39 is 11.7 Å². The highest BCUT2D eigenvalue weighted by Gasteiger charge is 2.31. The smallest absolute Gasteiger partial charge is 0.416 e. The number of rotatable bonds is 5. The standard InChI is InChI=1S/C19H19ClF3N3O/c1-4-12(5-2)26-17-16(25-18(26)27-3)14(8-9-24-17)13-7-6-11(10-15(13)20)19(21,22)23/h6-10,12H,4-5H2,1-3H3. The molecule has 0 unspecified atom stereocenters. The van der Waals surface area contributed by atoms with Gasteiger partial charge < -0.3 is 4.74 Å². The summed E-state index contributed by atoms with van der Waals surface area (Å²) in [4.78, 5) is 8.97. The highest BCUT2D eigenvalue weighted by molar-refractivity contribution is 6.33. The van der Waals surface area contributed by atoms with Crippen molar-refractivity contribution >= 4 is 22.8 Å². The van der Waals surface area contributed by atoms with Gasteiger partial charge in [-0.1, -0.05) is 31.5 Å². The molecule has 0 fully saturated rings. The number of aromatic nitrogens is 3. The van der Waals surface area contributed by atoms with Crippen LogP contribution < -0.4 is 4.74 Å². The van der Waals surface area contributed by atoms with Crippen LogP contribution in [0.25, 0.3) is 22.3 Å². The normalized spacial score (nSPS) is 12.1. The fourth-order valence-electron chi connectivity index (χ4n) is 3.22. The predicted molar refractivity (Wildman–Crippen MR) is 99.1 cm³/mol. The third-order valence-electron chi connectivity index (χ3n) is 4.62. The highest BCUT2D eigenvalue weighted by atomic mass is 35.5. The molecule has 8 heteroatoms. The average Bonchev–Trinajstić information content (AvgIpc) is 3.01. The summed E-state index contributed by atoms with van der Waals surface area (Å²) in [5.41, 5.74) is 1.45. The molecular weight excluding hydrogens is 379 g/mol. The maximum Gasteiger partial charge on any atom is 0.416 e. The maximum atomic E-state index is 12.9. The van der Waals surface area contributed by atoms with Crippen LogP contribution in [0.5, 0.6) is 6.01 Å². The van der Waals surface area contributed by atoms with E-state index in [1.165, 1.54) is 13.2 Å². The fourth-order valence-corrected chi connectivity index (χ4v) is 3.51. The number of fused-ring (bicyclic) bond motifs is 1. The topological polar surface area (TPSA) is 39.9 Å². The Morgan fingerprint density at radius 2 is 1.85 bits per heavy atom. The molecule has 27 heavy (non-hydrogen) atoms. The molecule has 3 rings (SSSR count). The molecule has 0 aliphatic heterocycles. The highest BCUT2D eigenvalue weighted by Crippen LogP contribution is 2.39. The van der Waals surface area contributed by atoms with Gasteiger partial charge in [-0.05, 0) is 31.0 Å². The summed E-state index contributed by atoms with van der Waals surface area (Å²) >= 11 is 6.18. The number of nitrogens with zero attached hydrogens (tertiary/aromatic N) is 3. The molecule has 144 valence electrons. The van der Waals surface area contributed by atoms with Crippen LogP contribution in [0.3, 0.4) is 0 Å². The first-order chi connectivity index (χ1) is 12.8. The Kier molecular flexibility index (Phi) is 5.33. The number of methoxy groups -OCH3 is 1. The first-order valence-electron chi connectivity index (χ1n) is 8.59. The molecule has 0 bridgehead atoms. The van der Waals surface area contributed by atoms with E-state index in [1.54, 1.807) is 12.3 Å². The summed E-state index contributed by atoms with van der Waals surface area (Å²) < 4.78 is 46.1. The molecule has 0 saturated carbocycles. The lowest BCUT2D eigenvalue weighted by Gasteiger charge is -2.17. The van der Waals surface area contributed by atoms with Gasteiger partial charge in [0.25, 0.3) is 6.01 Å². The van der Waals surface area contributed by atoms with Gasteiger partial charge in [0.15, 0.2) is 5.65 Å². The monoisotopic (exact) mass is 397 g/mol. The zero-order valence-electron chi connectivity index (χ0n) is 15.1. The summed E-state index contributed by atoms with van der Waals surface area (Å²) in [5, 5.41) is 0.00775. The molecule has 2 aromatic heterocycles. The van der Waals surface area contributed by atoms with Gasteiger partial charge in [0, 0.05) is 28.4 Å². The molecule has 0 aliphatic rings. The van der Waals surface area contributed by atoms with Crippen LogP contribution in [0, 0.1) is 0 Å². The van der Waals surface area contributed by atoms with Crippen molar-refractivity contribution in [3.05, 3.63) is 41.0 Å². The Balaban J connectivity index is 2.22. The van der Waals surface area contributed by atoms with E-state index in [0.29, 0.717) is 28.3 Å². The van der Waals surface area contributed by atoms with Crippen LogP contribution in [0.1, 0.15) is 38.3 Å². The number of ether oxygens (including phenoxy) is 1. The van der Waals surface area contributed by atoms with Gasteiger partial charge in [0.1, 0.15) is 5.52 Å². The Morgan fingerprint density at radius 3 is 2.41 bits per heavy atom. The van der Waals surface area contributed by atoms with Gasteiger partial charge >= 0.3 is 6.18 Å². The quantitative estimate of drug-likeness (QED) is 0.519. The Labute approximate surface area is 159 Å². The minimum absolute atomic E-state index is 0.00775. The van der Waals surface area contributed by atoms with Crippen molar-refractivity contribution in [2.24, 2.45) is 0 Å². The number of alkyl halides is 3. The van der Waals surface area contributed by atoms with Crippen LogP contribution >= 0.6 is 11.6 Å². The van der Waals surface area contributed by atoms with Gasteiger partial charge in [-0.15, -0.1) is 0 Å². The molecule has 3 aromatic rings. The van der Waals surface area contributed by atoms with Crippen molar-refractivity contribution in [3.63, 3.8) is 0 Å². The van der Waals surface area contributed by atoms with Gasteiger partial charge in [0.2, 0.25) is 0 Å². The van der Waals surface area contributed by atoms with E-state index in [-0.39, 0.29) is 11.1 Å². The molecular formula is C19H19ClF3N3O. The Bertz CT molecular complexity index is 965. The lowest BCUT2D eigenvalue weighted by Crippen LogP contribution is -2.09. The predicted octanol–water partition coefficient (Wildman–Crippen LogP) is 6.14. The van der Waals surface area contributed by atoms with E-state index in [2.05, 4.69) is 23.8 Å². The van der Waals surface area contributed by atoms with Crippen LogP contribution in [-0.4, -0.2) is 21.6 Å². The van der Waals surface area contributed by atoms with Crippen molar-refractivity contribution in [1.29, 1.82) is 0 Å². The van der Waals surface area contributed by atoms with Gasteiger partial charge in [-0.25, -0.2) is 4.98 Å². The minimum atomic E-state index is -4.45. The number of halogens is 4. The lowest BCUT2D eigenvalue weighted by molar-refractivity contribution is -0.137. The minimum Gasteiger partial charge on any atom is -0.468 e. The van der Waals surface area contributed by atoms with E-state index in [9.17, 15) is 13.2 Å². The van der Waals surface area contributed by atoms with Crippen molar-refractivity contribution in [2.45, 2.75) is 38.9 Å². The molecule has 4 nitrogen and oxygen atoms in total. The molecule has 1 aromatic carbocycles. The summed E-state index contributed by atoms with van der Waals surface area (Å²) in [6, 6.07) is 5.57. The van der Waals surface area contributed by atoms with Crippen LogP contribution in [0.15, 0.2) is 30.5 Å². The maximum absolute atomic E-state index is 12.9. The summed E-state index contributed by atoms with van der Waals surface area (Å²) in [6.45, 7) is 4.13. The fraction of sp³-hybridized carbons (Fsp3) is 0.368. The number of benzene rings is 1. The summed E-state index contributed by atoms with van der Waals surface area (Å²) in [5.74, 6) is 0. The van der Waals surface area contributed by atoms with Crippen LogP contribution in [-0.2, 0) is 6.18 Å². The summed E-state index contributed by atoms with van der Waals surface area (Å²) in [7, 11) is 1.53. The Morgan fingerprint density at radius 1 is 1.15 bits per heavy atom. The number of hydrogen-bond donors (Lipinski definition) is 0. The molecule has 0 saturated heterocycles. The lowest BCUT2D eigenvalue weighted by atomic mass is 10.0. The van der Waals surface area contributed by atoms with Gasteiger partial charge in [-0.2, -0.15) is 18.2 Å². The second kappa shape index (κ2) is 7.38. The Hall–Kier alpha value is -2.28. The first kappa shape index (κ1) is 19.5. The number of imidazole rings is 1. The molecule has 0 amide bonds. The van der Waals surface area contributed by atoms with E-state index in [0.717, 1.165) is 25.0 Å². The second-order valence-electron chi connectivity index (χ2n) is 6.16. The molecule has 2 heterocycles. The number of pyridine rings is 1. The molecule has 0 N–H and O–H groups in total. The molecule has 0 aliphatic carbocycles. The molecule has 0 atom stereocenters. The molecule has 0 radical (unpaired) electrons. The van der Waals surface area contributed by atoms with Crippen molar-refractivity contribution in [1.82, 2.24) is 14.5 Å². The summed E-state index contributed by atoms with van der Waals surface area (Å²) in [6.07, 6.45) is -1.11. The zero-order chi connectivity index (χ0) is 19.8. The SMILES string of the molecule is CCC(CC)n1c(OC)nc2c(-c3ccc(C(F)(F)F)cc3Cl)ccnc21. The van der Waals surface area contributed by atoms with Crippen molar-refractivity contribution < 1.29 is 17.9 Å². The first-order valence-corrected chi connectivity index (χ1v) is 8.97. The second-order valence-corrected chi connectivity index (χ2v) is 6.57. The zero-order valence-corrected chi connectivity index (χ0v) is 15.9. The third kappa shape index (κ3) is 3.48. The van der Waals surface area contributed by atoms with E-state index in [4.69, 9.17) is 16.3 Å². The van der Waals surface area contributed by atoms with E-state index in [1.807, 2.05) is 4.57 Å². The van der Waals surface area contributed by atoms with Crippen LogP contribution in [0.4, 0.5) is 13.2 Å². The van der Waals surface area contributed by atoms with Crippen molar-refractivity contribution in [3.8, 4) is 17.1 Å². The van der Waals surface area contributed by atoms with Crippen molar-refractivity contribution in [2.75, 3.05) is 7.11 Å². The third-order valence-corrected chi connectivity index (χ3v) is 4.94. The average molecular weight is 398 g/mol.